The number of carbonyl (C=O) groups is 1. The number of nitrogens with one attached hydrogen (secondary N) is 1. The first-order valence-electron chi connectivity index (χ1n) is 8.93. The molecule has 0 aliphatic heterocycles. The van der Waals surface area contributed by atoms with Gasteiger partial charge < -0.3 is 19.6 Å². The first-order chi connectivity index (χ1) is 14.5. The Morgan fingerprint density at radius 2 is 2.00 bits per heavy atom. The monoisotopic (exact) mass is 486 g/mol. The first-order valence-corrected chi connectivity index (χ1v) is 10.1. The van der Waals surface area contributed by atoms with Crippen LogP contribution in [0.25, 0.3) is 22.4 Å². The van der Waals surface area contributed by atoms with Crippen molar-refractivity contribution < 1.29 is 19.4 Å². The predicted octanol–water partition coefficient (Wildman–Crippen LogP) is 5.93. The fourth-order valence-corrected chi connectivity index (χ4v) is 3.79. The largest absolute Gasteiger partial charge is 0.493 e. The first kappa shape index (κ1) is 20.3. The third-order valence-corrected chi connectivity index (χ3v) is 5.52. The third kappa shape index (κ3) is 3.99. The minimum absolute atomic E-state index is 0.194. The van der Waals surface area contributed by atoms with Gasteiger partial charge >= 0.3 is 5.97 Å². The number of carboxylic acids is 1. The Labute approximate surface area is 185 Å². The van der Waals surface area contributed by atoms with E-state index in [1.54, 1.807) is 19.2 Å². The van der Waals surface area contributed by atoms with E-state index < -0.39 is 5.97 Å². The smallest absolute Gasteiger partial charge is 0.335 e. The molecular weight excluding hydrogens is 472 g/mol. The van der Waals surface area contributed by atoms with E-state index in [0.717, 1.165) is 11.1 Å². The van der Waals surface area contributed by atoms with Crippen molar-refractivity contribution in [2.45, 2.75) is 6.61 Å². The van der Waals surface area contributed by atoms with Crippen LogP contribution in [0.2, 0.25) is 5.02 Å². The quantitative estimate of drug-likeness (QED) is 0.352. The molecule has 1 aromatic heterocycles. The molecule has 2 N–H and O–H groups in total. The van der Waals surface area contributed by atoms with Gasteiger partial charge in [-0.05, 0) is 52.3 Å². The van der Waals surface area contributed by atoms with Crippen LogP contribution in [0.15, 0.2) is 59.1 Å². The van der Waals surface area contributed by atoms with Gasteiger partial charge in [0.1, 0.15) is 12.4 Å². The molecule has 152 valence electrons. The molecule has 8 heteroatoms. The molecule has 6 nitrogen and oxygen atoms in total. The Balaban J connectivity index is 1.67. The Morgan fingerprint density at radius 1 is 1.20 bits per heavy atom. The van der Waals surface area contributed by atoms with Crippen LogP contribution in [0.3, 0.4) is 0 Å². The number of hydrogen-bond acceptors (Lipinski definition) is 4. The highest BCUT2D eigenvalue weighted by Crippen LogP contribution is 2.40. The lowest BCUT2D eigenvalue weighted by Crippen LogP contribution is -2.00. The van der Waals surface area contributed by atoms with E-state index in [1.165, 1.54) is 6.07 Å². The molecule has 30 heavy (non-hydrogen) atoms. The number of aromatic amines is 1. The molecule has 0 radical (unpaired) electrons. The maximum absolute atomic E-state index is 11.2. The van der Waals surface area contributed by atoms with Gasteiger partial charge in [0.2, 0.25) is 0 Å². The lowest BCUT2D eigenvalue weighted by atomic mass is 10.2. The number of aromatic carboxylic acids is 1. The summed E-state index contributed by atoms with van der Waals surface area (Å²) < 4.78 is 12.2. The van der Waals surface area contributed by atoms with Crippen molar-refractivity contribution in [2.75, 3.05) is 7.11 Å². The summed E-state index contributed by atoms with van der Waals surface area (Å²) >= 11 is 9.75. The number of carboxylic acid groups (broad SMARTS) is 1. The molecule has 0 amide bonds. The van der Waals surface area contributed by atoms with Gasteiger partial charge in [-0.2, -0.15) is 0 Å². The number of imidazole rings is 1. The number of hydrogen-bond donors (Lipinski definition) is 2. The van der Waals surface area contributed by atoms with Gasteiger partial charge in [0.15, 0.2) is 11.5 Å². The number of aromatic nitrogens is 2. The molecule has 0 saturated heterocycles. The lowest BCUT2D eigenvalue weighted by Gasteiger charge is -2.14. The maximum Gasteiger partial charge on any atom is 0.335 e. The molecule has 0 aliphatic carbocycles. The number of H-pyrrole nitrogens is 1. The van der Waals surface area contributed by atoms with Gasteiger partial charge in [-0.25, -0.2) is 9.78 Å². The summed E-state index contributed by atoms with van der Waals surface area (Å²) in [6, 6.07) is 15.9. The minimum atomic E-state index is -0.988. The lowest BCUT2D eigenvalue weighted by molar-refractivity contribution is 0.0697. The standard InChI is InChI=1S/C22H16BrClN2O4/c1-29-19-10-14(21-25-17-7-6-12(22(27)28)9-18(17)26-21)8-15(23)20(19)30-11-13-4-2-3-5-16(13)24/h2-10H,11H2,1H3,(H,25,26)(H,27,28). The molecule has 0 bridgehead atoms. The van der Waals surface area contributed by atoms with Crippen LogP contribution < -0.4 is 9.47 Å². The minimum Gasteiger partial charge on any atom is -0.493 e. The molecule has 3 aromatic carbocycles. The van der Waals surface area contributed by atoms with Crippen LogP contribution in [-0.2, 0) is 6.61 Å². The number of benzene rings is 3. The average Bonchev–Trinajstić information content (AvgIpc) is 3.16. The molecule has 0 spiro atoms. The number of rotatable bonds is 6. The Bertz CT molecular complexity index is 1260. The summed E-state index contributed by atoms with van der Waals surface area (Å²) in [5, 5.41) is 9.81. The normalized spacial score (nSPS) is 10.9. The second-order valence-corrected chi connectivity index (χ2v) is 7.75. The average molecular weight is 488 g/mol. The van der Waals surface area contributed by atoms with Crippen molar-refractivity contribution in [1.29, 1.82) is 0 Å². The van der Waals surface area contributed by atoms with Crippen LogP contribution in [-0.4, -0.2) is 28.2 Å². The van der Waals surface area contributed by atoms with Gasteiger partial charge in [0.05, 0.1) is 28.2 Å². The van der Waals surface area contributed by atoms with Crippen LogP contribution in [0.5, 0.6) is 11.5 Å². The summed E-state index contributed by atoms with van der Waals surface area (Å²) in [5.41, 5.74) is 3.13. The molecule has 0 unspecified atom stereocenters. The second-order valence-electron chi connectivity index (χ2n) is 6.49. The fourth-order valence-electron chi connectivity index (χ4n) is 3.04. The highest BCUT2D eigenvalue weighted by Gasteiger charge is 2.16. The van der Waals surface area contributed by atoms with Crippen molar-refractivity contribution in [2.24, 2.45) is 0 Å². The maximum atomic E-state index is 11.2. The van der Waals surface area contributed by atoms with Crippen molar-refractivity contribution in [1.82, 2.24) is 9.97 Å². The molecule has 1 heterocycles. The number of nitrogens with zero attached hydrogens (tertiary/aromatic N) is 1. The Kier molecular flexibility index (Phi) is 5.65. The number of fused-ring (bicyclic) bond motifs is 1. The fraction of sp³-hybridized carbons (Fsp3) is 0.0909. The van der Waals surface area contributed by atoms with E-state index in [1.807, 2.05) is 36.4 Å². The molecule has 4 aromatic rings. The summed E-state index contributed by atoms with van der Waals surface area (Å²) in [4.78, 5) is 18.9. The molecule has 0 saturated carbocycles. The zero-order valence-electron chi connectivity index (χ0n) is 15.8. The van der Waals surface area contributed by atoms with Gasteiger partial charge in [-0.15, -0.1) is 0 Å². The van der Waals surface area contributed by atoms with Gasteiger partial charge in [-0.3, -0.25) is 0 Å². The molecule has 0 atom stereocenters. The van der Waals surface area contributed by atoms with E-state index in [0.29, 0.717) is 37.9 Å². The van der Waals surface area contributed by atoms with Gasteiger partial charge in [0, 0.05) is 16.1 Å². The van der Waals surface area contributed by atoms with Crippen molar-refractivity contribution in [3.63, 3.8) is 0 Å². The Morgan fingerprint density at radius 3 is 2.73 bits per heavy atom. The van der Waals surface area contributed by atoms with Crippen LogP contribution in [0, 0.1) is 0 Å². The van der Waals surface area contributed by atoms with Crippen LogP contribution in [0.4, 0.5) is 0 Å². The number of halogens is 2. The molecular formula is C22H16BrClN2O4. The number of methoxy groups -OCH3 is 1. The Hall–Kier alpha value is -3.03. The molecule has 4 rings (SSSR count). The topological polar surface area (TPSA) is 84.4 Å². The van der Waals surface area contributed by atoms with E-state index >= 15 is 0 Å². The van der Waals surface area contributed by atoms with Gasteiger partial charge in [0.25, 0.3) is 0 Å². The van der Waals surface area contributed by atoms with Crippen LogP contribution in [0.1, 0.15) is 15.9 Å². The SMILES string of the molecule is COc1cc(-c2nc3ccc(C(=O)O)cc3[nH]2)cc(Br)c1OCc1ccccc1Cl. The van der Waals surface area contributed by atoms with Gasteiger partial charge in [-0.1, -0.05) is 29.8 Å². The molecule has 0 fully saturated rings. The van der Waals surface area contributed by atoms with E-state index in [4.69, 9.17) is 21.1 Å². The molecule has 0 aliphatic rings. The van der Waals surface area contributed by atoms with Crippen molar-refractivity contribution in [3.8, 4) is 22.9 Å². The summed E-state index contributed by atoms with van der Waals surface area (Å²) in [6.07, 6.45) is 0. The second kappa shape index (κ2) is 8.38. The number of ether oxygens (including phenoxy) is 2. The zero-order chi connectivity index (χ0) is 21.3. The summed E-state index contributed by atoms with van der Waals surface area (Å²) in [6.45, 7) is 0.288. The summed E-state index contributed by atoms with van der Waals surface area (Å²) in [7, 11) is 1.56. The highest BCUT2D eigenvalue weighted by molar-refractivity contribution is 9.10. The summed E-state index contributed by atoms with van der Waals surface area (Å²) in [5.74, 6) is 0.672. The van der Waals surface area contributed by atoms with Crippen LogP contribution >= 0.6 is 27.5 Å². The zero-order valence-corrected chi connectivity index (χ0v) is 18.1. The van der Waals surface area contributed by atoms with E-state index in [9.17, 15) is 9.90 Å². The highest BCUT2D eigenvalue weighted by atomic mass is 79.9. The van der Waals surface area contributed by atoms with Crippen molar-refractivity contribution in [3.05, 3.63) is 75.2 Å². The van der Waals surface area contributed by atoms with E-state index in [2.05, 4.69) is 25.9 Å². The van der Waals surface area contributed by atoms with Crippen molar-refractivity contribution >= 4 is 44.5 Å². The van der Waals surface area contributed by atoms with E-state index in [-0.39, 0.29) is 12.2 Å². The predicted molar refractivity (Wildman–Crippen MR) is 119 cm³/mol. The third-order valence-electron chi connectivity index (χ3n) is 4.56.